The van der Waals surface area contributed by atoms with Crippen molar-refractivity contribution in [3.8, 4) is 0 Å². The van der Waals surface area contributed by atoms with E-state index in [0.29, 0.717) is 6.54 Å². The number of rotatable bonds is 5. The maximum absolute atomic E-state index is 12.0. The summed E-state index contributed by atoms with van der Waals surface area (Å²) in [4.78, 5) is 26.0. The molecule has 1 aromatic rings. The van der Waals surface area contributed by atoms with Crippen molar-refractivity contribution < 1.29 is 5.11 Å². The summed E-state index contributed by atoms with van der Waals surface area (Å²) in [6.45, 7) is 2.32. The number of nitrogen functional groups attached to an aromatic ring is 1. The van der Waals surface area contributed by atoms with Crippen molar-refractivity contribution in [3.05, 3.63) is 20.8 Å². The van der Waals surface area contributed by atoms with E-state index in [9.17, 15) is 14.7 Å². The lowest BCUT2D eigenvalue weighted by Crippen LogP contribution is -2.43. The van der Waals surface area contributed by atoms with Gasteiger partial charge in [-0.3, -0.25) is 14.3 Å². The van der Waals surface area contributed by atoms with Crippen molar-refractivity contribution in [2.45, 2.75) is 51.1 Å². The third kappa shape index (κ3) is 2.58. The Bertz CT molecular complexity index is 584. The van der Waals surface area contributed by atoms with Gasteiger partial charge in [0, 0.05) is 6.54 Å². The van der Waals surface area contributed by atoms with E-state index < -0.39 is 16.8 Å². The molecule has 7 heteroatoms. The van der Waals surface area contributed by atoms with Gasteiger partial charge in [-0.1, -0.05) is 19.8 Å². The molecule has 5 N–H and O–H groups in total. The summed E-state index contributed by atoms with van der Waals surface area (Å²) >= 11 is 0. The molecular formula is C13H22N4O3. The number of aromatic nitrogens is 2. The topological polar surface area (TPSA) is 113 Å². The minimum absolute atomic E-state index is 0.0568. The van der Waals surface area contributed by atoms with Crippen molar-refractivity contribution in [2.24, 2.45) is 0 Å². The van der Waals surface area contributed by atoms with Crippen LogP contribution < -0.4 is 22.3 Å². The third-order valence-electron chi connectivity index (χ3n) is 3.94. The number of H-pyrrole nitrogens is 1. The van der Waals surface area contributed by atoms with Gasteiger partial charge in [-0.15, -0.1) is 0 Å². The second kappa shape index (κ2) is 5.70. The molecule has 0 radical (unpaired) electrons. The summed E-state index contributed by atoms with van der Waals surface area (Å²) in [7, 11) is 0. The summed E-state index contributed by atoms with van der Waals surface area (Å²) in [6, 6.07) is 0. The third-order valence-corrected chi connectivity index (χ3v) is 3.94. The Morgan fingerprint density at radius 2 is 2.05 bits per heavy atom. The molecule has 1 heterocycles. The molecule has 0 unspecified atom stereocenters. The molecule has 0 aromatic carbocycles. The Kier molecular flexibility index (Phi) is 4.17. The molecule has 7 nitrogen and oxygen atoms in total. The Morgan fingerprint density at radius 1 is 1.40 bits per heavy atom. The van der Waals surface area contributed by atoms with Crippen LogP contribution in [0.4, 0.5) is 11.5 Å². The number of hydrogen-bond acceptors (Lipinski definition) is 5. The Balaban J connectivity index is 2.43. The van der Waals surface area contributed by atoms with E-state index in [-0.39, 0.29) is 18.1 Å². The SMILES string of the molecule is CCCn1c(N)c(NC2(CO)CCCC2)c(=O)[nH]c1=O. The Hall–Kier alpha value is -1.76. The predicted octanol–water partition coefficient (Wildman–Crippen LogP) is 0.246. The van der Waals surface area contributed by atoms with Crippen LogP contribution in [0.1, 0.15) is 39.0 Å². The first kappa shape index (κ1) is 14.6. The van der Waals surface area contributed by atoms with Crippen LogP contribution in [0.15, 0.2) is 9.59 Å². The molecule has 0 spiro atoms. The van der Waals surface area contributed by atoms with E-state index in [0.717, 1.165) is 32.1 Å². The average molecular weight is 282 g/mol. The van der Waals surface area contributed by atoms with Crippen molar-refractivity contribution in [1.82, 2.24) is 9.55 Å². The van der Waals surface area contributed by atoms with Crippen LogP contribution >= 0.6 is 0 Å². The smallest absolute Gasteiger partial charge is 0.330 e. The highest BCUT2D eigenvalue weighted by atomic mass is 16.3. The standard InChI is InChI=1S/C13H22N4O3/c1-2-7-17-10(14)9(11(19)15-12(17)20)16-13(8-18)5-3-4-6-13/h16,18H,2-8,14H2,1H3,(H,15,19,20). The van der Waals surface area contributed by atoms with Gasteiger partial charge in [0.25, 0.3) is 5.56 Å². The number of nitrogens with one attached hydrogen (secondary N) is 2. The molecule has 20 heavy (non-hydrogen) atoms. The van der Waals surface area contributed by atoms with Gasteiger partial charge in [0.15, 0.2) is 0 Å². The fourth-order valence-corrected chi connectivity index (χ4v) is 2.79. The summed E-state index contributed by atoms with van der Waals surface area (Å²) in [6.07, 6.45) is 4.31. The van der Waals surface area contributed by atoms with Crippen LogP contribution in [0.2, 0.25) is 0 Å². The number of aliphatic hydroxyl groups excluding tert-OH is 1. The molecule has 112 valence electrons. The maximum Gasteiger partial charge on any atom is 0.330 e. The Labute approximate surface area is 116 Å². The molecule has 0 aliphatic heterocycles. The largest absolute Gasteiger partial charge is 0.394 e. The van der Waals surface area contributed by atoms with Gasteiger partial charge in [0.2, 0.25) is 0 Å². The van der Waals surface area contributed by atoms with Crippen LogP contribution in [0.5, 0.6) is 0 Å². The average Bonchev–Trinajstić information content (AvgIpc) is 2.89. The first-order valence-electron chi connectivity index (χ1n) is 7.04. The van der Waals surface area contributed by atoms with Gasteiger partial charge in [-0.25, -0.2) is 4.79 Å². The number of anilines is 2. The van der Waals surface area contributed by atoms with Gasteiger partial charge >= 0.3 is 5.69 Å². The fourth-order valence-electron chi connectivity index (χ4n) is 2.79. The molecule has 2 rings (SSSR count). The normalized spacial score (nSPS) is 17.3. The first-order valence-corrected chi connectivity index (χ1v) is 7.04. The minimum atomic E-state index is -0.528. The second-order valence-corrected chi connectivity index (χ2v) is 5.44. The van der Waals surface area contributed by atoms with Crippen molar-refractivity contribution >= 4 is 11.5 Å². The number of hydrogen-bond donors (Lipinski definition) is 4. The van der Waals surface area contributed by atoms with Gasteiger partial charge < -0.3 is 16.2 Å². The highest BCUT2D eigenvalue weighted by Gasteiger charge is 2.34. The maximum atomic E-state index is 12.0. The minimum Gasteiger partial charge on any atom is -0.394 e. The zero-order chi connectivity index (χ0) is 14.8. The number of nitrogens with two attached hydrogens (primary N) is 1. The highest BCUT2D eigenvalue weighted by Crippen LogP contribution is 2.32. The molecule has 0 amide bonds. The lowest BCUT2D eigenvalue weighted by atomic mass is 9.98. The molecule has 1 fully saturated rings. The summed E-state index contributed by atoms with van der Waals surface area (Å²) in [5.41, 5.74) is 4.62. The molecule has 1 aliphatic rings. The lowest BCUT2D eigenvalue weighted by molar-refractivity contribution is 0.214. The highest BCUT2D eigenvalue weighted by molar-refractivity contribution is 5.61. The zero-order valence-electron chi connectivity index (χ0n) is 11.7. The van der Waals surface area contributed by atoms with Crippen molar-refractivity contribution in [3.63, 3.8) is 0 Å². The van der Waals surface area contributed by atoms with E-state index >= 15 is 0 Å². The van der Waals surface area contributed by atoms with E-state index in [2.05, 4.69) is 10.3 Å². The van der Waals surface area contributed by atoms with Gasteiger partial charge in [-0.05, 0) is 19.3 Å². The molecule has 1 aliphatic carbocycles. The van der Waals surface area contributed by atoms with Crippen molar-refractivity contribution in [2.75, 3.05) is 17.7 Å². The molecule has 0 saturated heterocycles. The summed E-state index contributed by atoms with van der Waals surface area (Å²) < 4.78 is 1.35. The lowest BCUT2D eigenvalue weighted by Gasteiger charge is -2.29. The summed E-state index contributed by atoms with van der Waals surface area (Å²) in [5.74, 6) is 0.139. The van der Waals surface area contributed by atoms with Gasteiger partial charge in [-0.2, -0.15) is 0 Å². The van der Waals surface area contributed by atoms with Gasteiger partial charge in [0.05, 0.1) is 12.1 Å². The molecule has 1 aromatic heterocycles. The molecule has 1 saturated carbocycles. The molecule has 0 bridgehead atoms. The van der Waals surface area contributed by atoms with E-state index in [4.69, 9.17) is 5.73 Å². The van der Waals surface area contributed by atoms with Crippen LogP contribution in [-0.2, 0) is 6.54 Å². The first-order chi connectivity index (χ1) is 9.53. The Morgan fingerprint density at radius 3 is 2.60 bits per heavy atom. The quantitative estimate of drug-likeness (QED) is 0.618. The van der Waals surface area contributed by atoms with E-state index in [1.54, 1.807) is 0 Å². The monoisotopic (exact) mass is 282 g/mol. The zero-order valence-corrected chi connectivity index (χ0v) is 11.7. The number of aliphatic hydroxyl groups is 1. The van der Waals surface area contributed by atoms with Crippen LogP contribution in [-0.4, -0.2) is 26.8 Å². The fraction of sp³-hybridized carbons (Fsp3) is 0.692. The second-order valence-electron chi connectivity index (χ2n) is 5.44. The predicted molar refractivity (Wildman–Crippen MR) is 77.9 cm³/mol. The summed E-state index contributed by atoms with van der Waals surface area (Å²) in [5, 5.41) is 12.7. The molecule has 0 atom stereocenters. The van der Waals surface area contributed by atoms with Gasteiger partial charge in [0.1, 0.15) is 11.5 Å². The van der Waals surface area contributed by atoms with Crippen LogP contribution in [0.3, 0.4) is 0 Å². The van der Waals surface area contributed by atoms with E-state index in [1.807, 2.05) is 6.92 Å². The van der Waals surface area contributed by atoms with Crippen molar-refractivity contribution in [1.29, 1.82) is 0 Å². The number of nitrogens with zero attached hydrogens (tertiary/aromatic N) is 1. The molecular weight excluding hydrogens is 260 g/mol. The van der Waals surface area contributed by atoms with Crippen LogP contribution in [0.25, 0.3) is 0 Å². The van der Waals surface area contributed by atoms with Crippen LogP contribution in [0, 0.1) is 0 Å². The van der Waals surface area contributed by atoms with E-state index in [1.165, 1.54) is 4.57 Å². The number of aromatic amines is 1.